The zero-order valence-corrected chi connectivity index (χ0v) is 13.4. The minimum atomic E-state index is -0.0150. The minimum Gasteiger partial charge on any atom is -0.376 e. The monoisotopic (exact) mass is 325 g/mol. The molecule has 0 aromatic carbocycles. The number of hydrogen-bond donors (Lipinski definition) is 0. The highest BCUT2D eigenvalue weighted by Crippen LogP contribution is 2.18. The number of pyridine rings is 1. The summed E-state index contributed by atoms with van der Waals surface area (Å²) in [5.74, 6) is 0.736. The Morgan fingerprint density at radius 2 is 2.00 bits per heavy atom. The van der Waals surface area contributed by atoms with E-state index < -0.39 is 0 Å². The van der Waals surface area contributed by atoms with Crippen LogP contribution in [-0.4, -0.2) is 58.5 Å². The molecule has 0 atom stereocenters. The van der Waals surface area contributed by atoms with E-state index in [4.69, 9.17) is 4.74 Å². The highest BCUT2D eigenvalue weighted by atomic mass is 16.5. The van der Waals surface area contributed by atoms with Crippen LogP contribution in [0.2, 0.25) is 0 Å². The lowest BCUT2D eigenvalue weighted by Gasteiger charge is -2.34. The van der Waals surface area contributed by atoms with Gasteiger partial charge in [-0.15, -0.1) is 0 Å². The van der Waals surface area contributed by atoms with Gasteiger partial charge in [0.1, 0.15) is 5.69 Å². The highest BCUT2D eigenvalue weighted by molar-refractivity contribution is 5.92. The third kappa shape index (κ3) is 2.94. The van der Waals surface area contributed by atoms with Crippen molar-refractivity contribution in [2.75, 3.05) is 37.7 Å². The largest absolute Gasteiger partial charge is 0.376 e. The summed E-state index contributed by atoms with van der Waals surface area (Å²) in [5.41, 5.74) is 2.66. The minimum absolute atomic E-state index is 0.0150. The Balaban J connectivity index is 1.42. The molecule has 0 aliphatic carbocycles. The molecule has 4 rings (SSSR count). The lowest BCUT2D eigenvalue weighted by Crippen LogP contribution is -2.49. The van der Waals surface area contributed by atoms with Crippen molar-refractivity contribution in [3.63, 3.8) is 0 Å². The van der Waals surface area contributed by atoms with Gasteiger partial charge >= 0.3 is 0 Å². The maximum absolute atomic E-state index is 12.4. The number of ether oxygens (including phenoxy) is 1. The van der Waals surface area contributed by atoms with E-state index in [1.54, 1.807) is 12.3 Å². The smallest absolute Gasteiger partial charge is 0.272 e. The third-order valence-corrected chi connectivity index (χ3v) is 4.42. The summed E-state index contributed by atoms with van der Waals surface area (Å²) in [7, 11) is 0. The summed E-state index contributed by atoms with van der Waals surface area (Å²) in [4.78, 5) is 29.7. The average Bonchev–Trinajstić information content (AvgIpc) is 2.68. The average molecular weight is 325 g/mol. The van der Waals surface area contributed by atoms with Crippen LogP contribution in [0.15, 0.2) is 30.6 Å². The topological polar surface area (TPSA) is 71.5 Å². The number of aromatic nitrogens is 3. The standard InChI is InChI=1S/C17H19N5O2/c23-16(15-3-1-2-5-18-15)21-6-8-22(9-7-21)17-19-11-13-12-24-10-4-14(13)20-17/h1-3,5,11H,4,6-10,12H2. The molecule has 2 aliphatic rings. The van der Waals surface area contributed by atoms with Crippen molar-refractivity contribution in [2.45, 2.75) is 13.0 Å². The van der Waals surface area contributed by atoms with Gasteiger partial charge in [-0.25, -0.2) is 9.97 Å². The molecule has 0 bridgehead atoms. The maximum atomic E-state index is 12.4. The molecule has 4 heterocycles. The molecule has 1 saturated heterocycles. The molecule has 7 nitrogen and oxygen atoms in total. The Bertz CT molecular complexity index is 729. The van der Waals surface area contributed by atoms with Crippen LogP contribution in [0.1, 0.15) is 21.7 Å². The van der Waals surface area contributed by atoms with Crippen molar-refractivity contribution in [1.29, 1.82) is 0 Å². The van der Waals surface area contributed by atoms with E-state index in [1.165, 1.54) is 0 Å². The zero-order chi connectivity index (χ0) is 16.4. The number of anilines is 1. The third-order valence-electron chi connectivity index (χ3n) is 4.42. The Hall–Kier alpha value is -2.54. The van der Waals surface area contributed by atoms with E-state index in [9.17, 15) is 4.79 Å². The molecule has 24 heavy (non-hydrogen) atoms. The molecule has 1 fully saturated rings. The molecule has 0 saturated carbocycles. The highest BCUT2D eigenvalue weighted by Gasteiger charge is 2.24. The maximum Gasteiger partial charge on any atom is 0.272 e. The Morgan fingerprint density at radius 1 is 1.12 bits per heavy atom. The lowest BCUT2D eigenvalue weighted by molar-refractivity contribution is 0.0740. The summed E-state index contributed by atoms with van der Waals surface area (Å²) in [6.45, 7) is 4.08. The fraction of sp³-hybridized carbons (Fsp3) is 0.412. The molecule has 2 aliphatic heterocycles. The normalized spacial score (nSPS) is 17.5. The summed E-state index contributed by atoms with van der Waals surface area (Å²) >= 11 is 0. The molecular weight excluding hydrogens is 306 g/mol. The summed E-state index contributed by atoms with van der Waals surface area (Å²) in [5, 5.41) is 0. The van der Waals surface area contributed by atoms with Crippen molar-refractivity contribution in [3.8, 4) is 0 Å². The van der Waals surface area contributed by atoms with E-state index in [1.807, 2.05) is 23.2 Å². The predicted octanol–water partition coefficient (Wildman–Crippen LogP) is 0.907. The second-order valence-corrected chi connectivity index (χ2v) is 5.94. The number of fused-ring (bicyclic) bond motifs is 1. The van der Waals surface area contributed by atoms with Gasteiger partial charge in [0.05, 0.1) is 18.9 Å². The second-order valence-electron chi connectivity index (χ2n) is 5.94. The molecule has 0 N–H and O–H groups in total. The van der Waals surface area contributed by atoms with E-state index in [0.29, 0.717) is 25.4 Å². The van der Waals surface area contributed by atoms with Crippen molar-refractivity contribution >= 4 is 11.9 Å². The van der Waals surface area contributed by atoms with Crippen LogP contribution >= 0.6 is 0 Å². The van der Waals surface area contributed by atoms with E-state index in [-0.39, 0.29) is 5.91 Å². The van der Waals surface area contributed by atoms with Crippen LogP contribution < -0.4 is 4.90 Å². The predicted molar refractivity (Wildman–Crippen MR) is 87.7 cm³/mol. The Morgan fingerprint density at radius 3 is 2.79 bits per heavy atom. The van der Waals surface area contributed by atoms with Gasteiger partial charge in [0.25, 0.3) is 5.91 Å². The van der Waals surface area contributed by atoms with Gasteiger partial charge in [-0.1, -0.05) is 6.07 Å². The molecule has 0 radical (unpaired) electrons. The van der Waals surface area contributed by atoms with Gasteiger partial charge in [0.15, 0.2) is 0 Å². The molecule has 0 unspecified atom stereocenters. The van der Waals surface area contributed by atoms with Gasteiger partial charge in [-0.05, 0) is 12.1 Å². The van der Waals surface area contributed by atoms with Crippen LogP contribution in [0.25, 0.3) is 0 Å². The first-order valence-corrected chi connectivity index (χ1v) is 8.19. The number of amides is 1. The first kappa shape index (κ1) is 15.0. The van der Waals surface area contributed by atoms with Crippen LogP contribution in [-0.2, 0) is 17.8 Å². The molecule has 1 amide bonds. The summed E-state index contributed by atoms with van der Waals surface area (Å²) in [6, 6.07) is 5.40. The van der Waals surface area contributed by atoms with Crippen molar-refractivity contribution in [3.05, 3.63) is 47.5 Å². The molecule has 2 aromatic heterocycles. The first-order chi connectivity index (χ1) is 11.8. The quantitative estimate of drug-likeness (QED) is 0.817. The summed E-state index contributed by atoms with van der Waals surface area (Å²) < 4.78 is 5.42. The second kappa shape index (κ2) is 6.52. The number of rotatable bonds is 2. The number of hydrogen-bond acceptors (Lipinski definition) is 6. The van der Waals surface area contributed by atoms with Crippen molar-refractivity contribution in [2.24, 2.45) is 0 Å². The van der Waals surface area contributed by atoms with E-state index in [0.717, 1.165) is 43.3 Å². The van der Waals surface area contributed by atoms with Gasteiger partial charge in [0.2, 0.25) is 5.95 Å². The zero-order valence-electron chi connectivity index (χ0n) is 13.4. The molecule has 2 aromatic rings. The fourth-order valence-electron chi connectivity index (χ4n) is 3.03. The first-order valence-electron chi connectivity index (χ1n) is 8.19. The lowest BCUT2D eigenvalue weighted by atomic mass is 10.1. The SMILES string of the molecule is O=C(c1ccccn1)N1CCN(c2ncc3c(n2)CCOC3)CC1. The molecule has 124 valence electrons. The van der Waals surface area contributed by atoms with E-state index in [2.05, 4.69) is 19.9 Å². The number of nitrogens with zero attached hydrogens (tertiary/aromatic N) is 5. The summed E-state index contributed by atoms with van der Waals surface area (Å²) in [6.07, 6.45) is 4.35. The van der Waals surface area contributed by atoms with Gasteiger partial charge in [-0.3, -0.25) is 9.78 Å². The number of carbonyl (C=O) groups is 1. The Labute approximate surface area is 140 Å². The van der Waals surface area contributed by atoms with E-state index >= 15 is 0 Å². The fourth-order valence-corrected chi connectivity index (χ4v) is 3.03. The van der Waals surface area contributed by atoms with Gasteiger partial charge < -0.3 is 14.5 Å². The van der Waals surface area contributed by atoms with Gasteiger partial charge in [0, 0.05) is 50.6 Å². The molecular formula is C17H19N5O2. The number of carbonyl (C=O) groups excluding carboxylic acids is 1. The van der Waals surface area contributed by atoms with Crippen LogP contribution in [0.3, 0.4) is 0 Å². The van der Waals surface area contributed by atoms with Crippen molar-refractivity contribution < 1.29 is 9.53 Å². The Kier molecular flexibility index (Phi) is 4.08. The van der Waals surface area contributed by atoms with Crippen LogP contribution in [0.5, 0.6) is 0 Å². The van der Waals surface area contributed by atoms with Crippen LogP contribution in [0, 0.1) is 0 Å². The molecule has 7 heteroatoms. The van der Waals surface area contributed by atoms with Gasteiger partial charge in [-0.2, -0.15) is 0 Å². The molecule has 0 spiro atoms. The number of piperazine rings is 1. The van der Waals surface area contributed by atoms with Crippen LogP contribution in [0.4, 0.5) is 5.95 Å². The van der Waals surface area contributed by atoms with Crippen molar-refractivity contribution in [1.82, 2.24) is 19.9 Å².